The summed E-state index contributed by atoms with van der Waals surface area (Å²) in [6, 6.07) is 7.97. The fraction of sp³-hybridized carbons (Fsp3) is 0.562. The number of hydrogen-bond donors (Lipinski definition) is 0. The summed E-state index contributed by atoms with van der Waals surface area (Å²) in [7, 11) is 5.79. The highest BCUT2D eigenvalue weighted by Gasteiger charge is 2.09. The van der Waals surface area contributed by atoms with Gasteiger partial charge in [0.25, 0.3) is 5.91 Å². The number of rotatable bonds is 8. The molecule has 4 heteroatoms. The Hall–Kier alpha value is -1.55. The zero-order valence-electron chi connectivity index (χ0n) is 13.1. The fourth-order valence-corrected chi connectivity index (χ4v) is 1.77. The van der Waals surface area contributed by atoms with Gasteiger partial charge in [0, 0.05) is 20.1 Å². The van der Waals surface area contributed by atoms with E-state index in [4.69, 9.17) is 4.74 Å². The molecule has 1 aromatic rings. The molecule has 4 nitrogen and oxygen atoms in total. The lowest BCUT2D eigenvalue weighted by Crippen LogP contribution is -2.36. The monoisotopic (exact) mass is 278 g/mol. The summed E-state index contributed by atoms with van der Waals surface area (Å²) in [5.41, 5.74) is 1.30. The van der Waals surface area contributed by atoms with Gasteiger partial charge in [-0.2, -0.15) is 0 Å². The minimum Gasteiger partial charge on any atom is -0.484 e. The minimum absolute atomic E-state index is 0.00415. The molecule has 20 heavy (non-hydrogen) atoms. The summed E-state index contributed by atoms with van der Waals surface area (Å²) < 4.78 is 5.52. The van der Waals surface area contributed by atoms with E-state index in [9.17, 15) is 4.79 Å². The molecule has 0 saturated carbocycles. The third kappa shape index (κ3) is 6.06. The van der Waals surface area contributed by atoms with Gasteiger partial charge in [-0.3, -0.25) is 4.79 Å². The number of ether oxygens (including phenoxy) is 1. The van der Waals surface area contributed by atoms with Gasteiger partial charge in [-0.25, -0.2) is 0 Å². The molecule has 0 aliphatic heterocycles. The molecule has 0 aromatic heterocycles. The Morgan fingerprint density at radius 2 is 1.75 bits per heavy atom. The Morgan fingerprint density at radius 1 is 1.10 bits per heavy atom. The van der Waals surface area contributed by atoms with Gasteiger partial charge in [-0.05, 0) is 38.2 Å². The van der Waals surface area contributed by atoms with Gasteiger partial charge in [-0.15, -0.1) is 0 Å². The molecule has 0 radical (unpaired) electrons. The number of carbonyl (C=O) groups excluding carboxylic acids is 1. The quantitative estimate of drug-likeness (QED) is 0.729. The van der Waals surface area contributed by atoms with E-state index in [0.717, 1.165) is 25.1 Å². The predicted octanol–water partition coefficient (Wildman–Crippen LogP) is 2.04. The van der Waals surface area contributed by atoms with Crippen LogP contribution in [0.1, 0.15) is 18.9 Å². The van der Waals surface area contributed by atoms with Crippen molar-refractivity contribution in [3.8, 4) is 5.75 Å². The number of benzene rings is 1. The molecule has 0 bridgehead atoms. The van der Waals surface area contributed by atoms with Gasteiger partial charge >= 0.3 is 0 Å². The normalized spacial score (nSPS) is 10.7. The first-order valence-corrected chi connectivity index (χ1v) is 7.13. The van der Waals surface area contributed by atoms with E-state index >= 15 is 0 Å². The van der Waals surface area contributed by atoms with Crippen LogP contribution in [-0.2, 0) is 11.2 Å². The van der Waals surface area contributed by atoms with E-state index in [0.29, 0.717) is 6.54 Å². The maximum atomic E-state index is 11.9. The van der Waals surface area contributed by atoms with Crippen LogP contribution in [0.25, 0.3) is 0 Å². The molecule has 0 fully saturated rings. The fourth-order valence-electron chi connectivity index (χ4n) is 1.77. The molecule has 0 N–H and O–H groups in total. The van der Waals surface area contributed by atoms with Crippen molar-refractivity contribution in [2.24, 2.45) is 0 Å². The molecule has 1 rings (SSSR count). The van der Waals surface area contributed by atoms with Crippen LogP contribution in [0.2, 0.25) is 0 Å². The lowest BCUT2D eigenvalue weighted by atomic mass is 10.1. The lowest BCUT2D eigenvalue weighted by molar-refractivity contribution is -0.132. The topological polar surface area (TPSA) is 32.8 Å². The first-order chi connectivity index (χ1) is 9.52. The summed E-state index contributed by atoms with van der Waals surface area (Å²) in [5.74, 6) is 0.753. The smallest absolute Gasteiger partial charge is 0.260 e. The maximum Gasteiger partial charge on any atom is 0.260 e. The molecule has 0 aliphatic carbocycles. The number of nitrogens with zero attached hydrogens (tertiary/aromatic N) is 2. The van der Waals surface area contributed by atoms with Crippen molar-refractivity contribution in [3.05, 3.63) is 29.8 Å². The SMILES string of the molecule is CCCc1ccc(OCC(=O)N(C)CCN(C)C)cc1. The van der Waals surface area contributed by atoms with Crippen molar-refractivity contribution in [2.75, 3.05) is 40.8 Å². The molecular formula is C16H26N2O2. The molecule has 1 amide bonds. The molecule has 1 aromatic carbocycles. The molecule has 0 saturated heterocycles. The van der Waals surface area contributed by atoms with Crippen molar-refractivity contribution < 1.29 is 9.53 Å². The highest BCUT2D eigenvalue weighted by Crippen LogP contribution is 2.13. The Bertz CT molecular complexity index is 401. The van der Waals surface area contributed by atoms with Gasteiger partial charge in [0.2, 0.25) is 0 Å². The van der Waals surface area contributed by atoms with E-state index in [1.54, 1.807) is 11.9 Å². The maximum absolute atomic E-state index is 11.9. The van der Waals surface area contributed by atoms with Crippen LogP contribution in [0.15, 0.2) is 24.3 Å². The van der Waals surface area contributed by atoms with Gasteiger partial charge in [-0.1, -0.05) is 25.5 Å². The van der Waals surface area contributed by atoms with Gasteiger partial charge in [0.1, 0.15) is 5.75 Å². The van der Waals surface area contributed by atoms with Crippen molar-refractivity contribution in [2.45, 2.75) is 19.8 Å². The first kappa shape index (κ1) is 16.5. The Labute approximate surface area is 122 Å². The van der Waals surface area contributed by atoms with E-state index in [1.165, 1.54) is 5.56 Å². The largest absolute Gasteiger partial charge is 0.484 e. The van der Waals surface area contributed by atoms with Crippen LogP contribution < -0.4 is 4.74 Å². The standard InChI is InChI=1S/C16H26N2O2/c1-5-6-14-7-9-15(10-8-14)20-13-16(19)18(4)12-11-17(2)3/h7-10H,5-6,11-13H2,1-4H3. The van der Waals surface area contributed by atoms with E-state index < -0.39 is 0 Å². The van der Waals surface area contributed by atoms with Crippen LogP contribution in [-0.4, -0.2) is 56.5 Å². The first-order valence-electron chi connectivity index (χ1n) is 7.13. The molecule has 0 spiro atoms. The van der Waals surface area contributed by atoms with Crippen molar-refractivity contribution >= 4 is 5.91 Å². The summed E-state index contributed by atoms with van der Waals surface area (Å²) in [5, 5.41) is 0. The second-order valence-electron chi connectivity index (χ2n) is 5.30. The number of amides is 1. The predicted molar refractivity (Wildman–Crippen MR) is 82.1 cm³/mol. The van der Waals surface area contributed by atoms with Crippen molar-refractivity contribution in [3.63, 3.8) is 0 Å². The van der Waals surface area contributed by atoms with E-state index in [-0.39, 0.29) is 12.5 Å². The van der Waals surface area contributed by atoms with Crippen molar-refractivity contribution in [1.29, 1.82) is 0 Å². The number of aryl methyl sites for hydroxylation is 1. The summed E-state index contributed by atoms with van der Waals surface area (Å²) in [6.07, 6.45) is 2.21. The second-order valence-corrected chi connectivity index (χ2v) is 5.30. The summed E-state index contributed by atoms with van der Waals surface area (Å²) in [4.78, 5) is 15.6. The third-order valence-electron chi connectivity index (χ3n) is 3.13. The molecular weight excluding hydrogens is 252 g/mol. The van der Waals surface area contributed by atoms with Gasteiger partial charge < -0.3 is 14.5 Å². The molecule has 0 heterocycles. The second kappa shape index (κ2) is 8.59. The Kier molecular flexibility index (Phi) is 7.09. The third-order valence-corrected chi connectivity index (χ3v) is 3.13. The lowest BCUT2D eigenvalue weighted by Gasteiger charge is -2.19. The molecule has 112 valence electrons. The van der Waals surface area contributed by atoms with Gasteiger partial charge in [0.15, 0.2) is 6.61 Å². The molecule has 0 unspecified atom stereocenters. The number of carbonyl (C=O) groups is 1. The van der Waals surface area contributed by atoms with Crippen LogP contribution >= 0.6 is 0 Å². The summed E-state index contributed by atoms with van der Waals surface area (Å²) in [6.45, 7) is 3.82. The van der Waals surface area contributed by atoms with Crippen molar-refractivity contribution in [1.82, 2.24) is 9.80 Å². The minimum atomic E-state index is 0.00415. The highest BCUT2D eigenvalue weighted by molar-refractivity contribution is 5.77. The summed E-state index contributed by atoms with van der Waals surface area (Å²) >= 11 is 0. The van der Waals surface area contributed by atoms with Crippen LogP contribution in [0.3, 0.4) is 0 Å². The van der Waals surface area contributed by atoms with E-state index in [2.05, 4.69) is 24.0 Å². The number of hydrogen-bond acceptors (Lipinski definition) is 3. The zero-order valence-corrected chi connectivity index (χ0v) is 13.1. The van der Waals surface area contributed by atoms with Gasteiger partial charge in [0.05, 0.1) is 0 Å². The average molecular weight is 278 g/mol. The van der Waals surface area contributed by atoms with Crippen LogP contribution in [0, 0.1) is 0 Å². The van der Waals surface area contributed by atoms with Crippen LogP contribution in [0.5, 0.6) is 5.75 Å². The number of likely N-dealkylation sites (N-methyl/N-ethyl adjacent to an activating group) is 2. The molecule has 0 aliphatic rings. The molecule has 0 atom stereocenters. The Balaban J connectivity index is 2.36. The Morgan fingerprint density at radius 3 is 2.30 bits per heavy atom. The highest BCUT2D eigenvalue weighted by atomic mass is 16.5. The zero-order chi connectivity index (χ0) is 15.0. The van der Waals surface area contributed by atoms with E-state index in [1.807, 2.05) is 26.2 Å². The average Bonchev–Trinajstić information content (AvgIpc) is 2.44. The van der Waals surface area contributed by atoms with Crippen LogP contribution in [0.4, 0.5) is 0 Å².